The minimum atomic E-state index is -0.607. The Kier molecular flexibility index (Phi) is 8.17. The Morgan fingerprint density at radius 3 is 2.53 bits per heavy atom. The topological polar surface area (TPSA) is 91.8 Å². The number of hydrogen-bond donors (Lipinski definition) is 0. The zero-order chi connectivity index (χ0) is 24.9. The van der Waals surface area contributed by atoms with Crippen molar-refractivity contribution in [2.45, 2.75) is 58.6 Å². The third kappa shape index (κ3) is 6.48. The van der Waals surface area contributed by atoms with Gasteiger partial charge in [-0.2, -0.15) is 5.10 Å². The number of likely N-dealkylation sites (tertiary alicyclic amines) is 1. The number of esters is 1. The average molecular weight is 473 g/mol. The number of piperidine rings is 1. The highest BCUT2D eigenvalue weighted by Gasteiger charge is 2.40. The molecule has 2 aliphatic heterocycles. The van der Waals surface area contributed by atoms with Gasteiger partial charge in [0.1, 0.15) is 17.4 Å². The highest BCUT2D eigenvalue weighted by Crippen LogP contribution is 2.28. The highest BCUT2D eigenvalue weighted by molar-refractivity contribution is 6.38. The molecule has 2 unspecified atom stereocenters. The molecule has 0 spiro atoms. The minimum Gasteiger partial charge on any atom is -0.461 e. The van der Waals surface area contributed by atoms with Crippen LogP contribution in [0.1, 0.15) is 47.0 Å². The first-order valence-corrected chi connectivity index (χ1v) is 11.9. The van der Waals surface area contributed by atoms with Crippen LogP contribution >= 0.6 is 0 Å². The van der Waals surface area contributed by atoms with Crippen LogP contribution in [0.2, 0.25) is 0 Å². The highest BCUT2D eigenvalue weighted by atomic mass is 16.6. The van der Waals surface area contributed by atoms with Gasteiger partial charge in [0, 0.05) is 33.1 Å². The van der Waals surface area contributed by atoms with E-state index in [-0.39, 0.29) is 36.7 Å². The lowest BCUT2D eigenvalue weighted by Gasteiger charge is -2.37. The molecule has 9 nitrogen and oxygen atoms in total. The fraction of sp³-hybridized carbons (Fsp3) is 0.600. The standard InChI is InChI=1S/C25H36N4O5/c1-6-33-23(31)20-15-21(29(26-20)19-12-8-7-9-13-19)22(30)28-14-10-11-18(17-28)16-27(5)24(32)34-25(2,3)4/h7-9,12-13,18,21H,6,10-11,14-17H2,1-5H3. The molecule has 0 aliphatic carbocycles. The van der Waals surface area contributed by atoms with Crippen LogP contribution in [0.3, 0.4) is 0 Å². The lowest BCUT2D eigenvalue weighted by molar-refractivity contribution is -0.135. The third-order valence-electron chi connectivity index (χ3n) is 5.80. The second kappa shape index (κ2) is 10.9. The molecule has 186 valence electrons. The number of rotatable bonds is 6. The molecular formula is C25H36N4O5. The number of hydrogen-bond acceptors (Lipinski definition) is 7. The molecule has 2 aliphatic rings. The molecule has 3 rings (SSSR count). The van der Waals surface area contributed by atoms with Crippen LogP contribution in [0, 0.1) is 5.92 Å². The Morgan fingerprint density at radius 1 is 1.18 bits per heavy atom. The second-order valence-corrected chi connectivity index (χ2v) is 9.82. The van der Waals surface area contributed by atoms with Crippen LogP contribution in [-0.2, 0) is 19.1 Å². The number of hydrazone groups is 1. The molecule has 1 saturated heterocycles. The van der Waals surface area contributed by atoms with Crippen LogP contribution in [0.4, 0.5) is 10.5 Å². The number of amides is 2. The molecule has 1 aromatic carbocycles. The van der Waals surface area contributed by atoms with Gasteiger partial charge in [-0.3, -0.25) is 9.80 Å². The van der Waals surface area contributed by atoms with E-state index >= 15 is 0 Å². The molecular weight excluding hydrogens is 436 g/mol. The van der Waals surface area contributed by atoms with Gasteiger partial charge < -0.3 is 19.3 Å². The van der Waals surface area contributed by atoms with Gasteiger partial charge in [0.15, 0.2) is 0 Å². The molecule has 2 heterocycles. The number of carbonyl (C=O) groups excluding carboxylic acids is 3. The predicted octanol–water partition coefficient (Wildman–Crippen LogP) is 3.29. The molecule has 0 aromatic heterocycles. The number of ether oxygens (including phenoxy) is 2. The molecule has 0 N–H and O–H groups in total. The van der Waals surface area contributed by atoms with Crippen LogP contribution < -0.4 is 5.01 Å². The molecule has 0 radical (unpaired) electrons. The maximum atomic E-state index is 13.6. The summed E-state index contributed by atoms with van der Waals surface area (Å²) in [5.74, 6) is -0.419. The van der Waals surface area contributed by atoms with Crippen LogP contribution in [0.5, 0.6) is 0 Å². The first-order valence-electron chi connectivity index (χ1n) is 11.9. The van der Waals surface area contributed by atoms with Gasteiger partial charge in [-0.1, -0.05) is 18.2 Å². The van der Waals surface area contributed by atoms with Gasteiger partial charge in [0.2, 0.25) is 5.91 Å². The first kappa shape index (κ1) is 25.5. The Hall–Kier alpha value is -3.10. The van der Waals surface area contributed by atoms with Crippen molar-refractivity contribution >= 4 is 29.4 Å². The maximum Gasteiger partial charge on any atom is 0.410 e. The Balaban J connectivity index is 1.69. The SMILES string of the molecule is CCOC(=O)C1=NN(c2ccccc2)C(C(=O)N2CCCC(CN(C)C(=O)OC(C)(C)C)C2)C1. The van der Waals surface area contributed by atoms with Gasteiger partial charge in [0.05, 0.1) is 12.3 Å². The van der Waals surface area contributed by atoms with E-state index in [1.807, 2.05) is 56.0 Å². The summed E-state index contributed by atoms with van der Waals surface area (Å²) in [4.78, 5) is 41.7. The molecule has 9 heteroatoms. The Bertz CT molecular complexity index is 912. The van der Waals surface area contributed by atoms with Crippen molar-refractivity contribution in [2.75, 3.05) is 38.3 Å². The van der Waals surface area contributed by atoms with Crippen molar-refractivity contribution in [1.82, 2.24) is 9.80 Å². The molecule has 34 heavy (non-hydrogen) atoms. The summed E-state index contributed by atoms with van der Waals surface area (Å²) in [5.41, 5.74) is 0.445. The Labute approximate surface area is 201 Å². The number of para-hydroxylation sites is 1. The van der Waals surface area contributed by atoms with Gasteiger partial charge in [0.25, 0.3) is 0 Å². The van der Waals surface area contributed by atoms with E-state index in [2.05, 4.69) is 5.10 Å². The first-order chi connectivity index (χ1) is 16.1. The van der Waals surface area contributed by atoms with Gasteiger partial charge in [-0.15, -0.1) is 0 Å². The predicted molar refractivity (Wildman–Crippen MR) is 130 cm³/mol. The lowest BCUT2D eigenvalue weighted by atomic mass is 9.96. The number of anilines is 1. The summed E-state index contributed by atoms with van der Waals surface area (Å²) >= 11 is 0. The van der Waals surface area contributed by atoms with Gasteiger partial charge >= 0.3 is 12.1 Å². The zero-order valence-corrected chi connectivity index (χ0v) is 20.8. The van der Waals surface area contributed by atoms with Crippen LogP contribution in [-0.4, -0.2) is 78.4 Å². The quantitative estimate of drug-likeness (QED) is 0.590. The van der Waals surface area contributed by atoms with Gasteiger partial charge in [-0.25, -0.2) is 9.59 Å². The van der Waals surface area contributed by atoms with E-state index in [0.29, 0.717) is 19.6 Å². The molecule has 0 bridgehead atoms. The molecule has 1 aromatic rings. The van der Waals surface area contributed by atoms with E-state index in [1.165, 1.54) is 0 Å². The monoisotopic (exact) mass is 472 g/mol. The van der Waals surface area contributed by atoms with Crippen LogP contribution in [0.25, 0.3) is 0 Å². The van der Waals surface area contributed by atoms with E-state index in [4.69, 9.17) is 9.47 Å². The van der Waals surface area contributed by atoms with Crippen molar-refractivity contribution < 1.29 is 23.9 Å². The summed E-state index contributed by atoms with van der Waals surface area (Å²) in [7, 11) is 1.72. The van der Waals surface area contributed by atoms with Gasteiger partial charge in [-0.05, 0) is 58.6 Å². The summed E-state index contributed by atoms with van der Waals surface area (Å²) in [6.07, 6.45) is 1.61. The fourth-order valence-electron chi connectivity index (χ4n) is 4.29. The normalized spacial score (nSPS) is 20.6. The van der Waals surface area contributed by atoms with Crippen molar-refractivity contribution in [3.05, 3.63) is 30.3 Å². The third-order valence-corrected chi connectivity index (χ3v) is 5.80. The Morgan fingerprint density at radius 2 is 1.88 bits per heavy atom. The lowest BCUT2D eigenvalue weighted by Crippen LogP contribution is -2.50. The summed E-state index contributed by atoms with van der Waals surface area (Å²) < 4.78 is 10.6. The van der Waals surface area contributed by atoms with Crippen molar-refractivity contribution in [2.24, 2.45) is 11.0 Å². The van der Waals surface area contributed by atoms with E-state index in [0.717, 1.165) is 18.5 Å². The van der Waals surface area contributed by atoms with Crippen molar-refractivity contribution in [3.8, 4) is 0 Å². The molecule has 2 atom stereocenters. The van der Waals surface area contributed by atoms with E-state index in [9.17, 15) is 14.4 Å². The number of carbonyl (C=O) groups is 3. The van der Waals surface area contributed by atoms with E-state index < -0.39 is 17.6 Å². The maximum absolute atomic E-state index is 13.6. The molecule has 1 fully saturated rings. The van der Waals surface area contributed by atoms with Crippen molar-refractivity contribution in [1.29, 1.82) is 0 Å². The summed E-state index contributed by atoms with van der Waals surface area (Å²) in [6, 6.07) is 8.77. The molecule has 0 saturated carbocycles. The average Bonchev–Trinajstić information content (AvgIpc) is 3.24. The smallest absolute Gasteiger partial charge is 0.410 e. The zero-order valence-electron chi connectivity index (χ0n) is 20.8. The summed E-state index contributed by atoms with van der Waals surface area (Å²) in [6.45, 7) is 9.20. The number of benzene rings is 1. The van der Waals surface area contributed by atoms with Crippen molar-refractivity contribution in [3.63, 3.8) is 0 Å². The number of nitrogens with zero attached hydrogens (tertiary/aromatic N) is 4. The largest absolute Gasteiger partial charge is 0.461 e. The fourth-order valence-corrected chi connectivity index (χ4v) is 4.29. The summed E-state index contributed by atoms with van der Waals surface area (Å²) in [5, 5.41) is 6.09. The van der Waals surface area contributed by atoms with E-state index in [1.54, 1.807) is 23.9 Å². The minimum absolute atomic E-state index is 0.0727. The second-order valence-electron chi connectivity index (χ2n) is 9.82. The molecule has 2 amide bonds. The van der Waals surface area contributed by atoms with Crippen LogP contribution in [0.15, 0.2) is 35.4 Å².